The Morgan fingerprint density at radius 1 is 1.22 bits per heavy atom. The molecule has 1 atom stereocenters. The van der Waals surface area contributed by atoms with Crippen molar-refractivity contribution in [2.75, 3.05) is 12.4 Å². The third-order valence-electron chi connectivity index (χ3n) is 2.88. The number of anilines is 1. The van der Waals surface area contributed by atoms with Crippen molar-refractivity contribution in [1.29, 1.82) is 0 Å². The SMILES string of the molecule is COc1cccc2c1NC(c1ccco1)NC2=O. The molecule has 2 N–H and O–H groups in total. The molecule has 0 saturated carbocycles. The van der Waals surface area contributed by atoms with Gasteiger partial charge in [0.15, 0.2) is 6.17 Å². The van der Waals surface area contributed by atoms with E-state index in [-0.39, 0.29) is 12.1 Å². The van der Waals surface area contributed by atoms with E-state index < -0.39 is 0 Å². The van der Waals surface area contributed by atoms with Crippen LogP contribution in [0, 0.1) is 0 Å². The van der Waals surface area contributed by atoms with Crippen LogP contribution in [0.4, 0.5) is 5.69 Å². The van der Waals surface area contributed by atoms with E-state index in [2.05, 4.69) is 10.6 Å². The summed E-state index contributed by atoms with van der Waals surface area (Å²) >= 11 is 0. The second kappa shape index (κ2) is 4.10. The number of rotatable bonds is 2. The molecule has 0 spiro atoms. The summed E-state index contributed by atoms with van der Waals surface area (Å²) in [6, 6.07) is 8.92. The number of fused-ring (bicyclic) bond motifs is 1. The van der Waals surface area contributed by atoms with Crippen molar-refractivity contribution in [3.8, 4) is 5.75 Å². The largest absolute Gasteiger partial charge is 0.495 e. The molecule has 92 valence electrons. The van der Waals surface area contributed by atoms with Gasteiger partial charge in [-0.2, -0.15) is 0 Å². The van der Waals surface area contributed by atoms with Crippen molar-refractivity contribution in [1.82, 2.24) is 5.32 Å². The molecule has 0 aliphatic carbocycles. The van der Waals surface area contributed by atoms with Gasteiger partial charge in [0.25, 0.3) is 5.91 Å². The molecule has 1 unspecified atom stereocenters. The van der Waals surface area contributed by atoms with Gasteiger partial charge in [0.2, 0.25) is 0 Å². The summed E-state index contributed by atoms with van der Waals surface area (Å²) in [5.74, 6) is 1.14. The highest BCUT2D eigenvalue weighted by molar-refractivity contribution is 6.03. The molecule has 1 amide bonds. The molecule has 5 heteroatoms. The lowest BCUT2D eigenvalue weighted by atomic mass is 10.1. The van der Waals surface area contributed by atoms with E-state index in [1.54, 1.807) is 37.6 Å². The first kappa shape index (κ1) is 10.7. The highest BCUT2D eigenvalue weighted by Gasteiger charge is 2.28. The number of amides is 1. The predicted octanol–water partition coefficient (Wildman–Crippen LogP) is 2.14. The second-order valence-corrected chi connectivity index (χ2v) is 3.95. The minimum absolute atomic E-state index is 0.149. The van der Waals surface area contributed by atoms with Crippen LogP contribution < -0.4 is 15.4 Å². The van der Waals surface area contributed by atoms with E-state index in [9.17, 15) is 4.79 Å². The Morgan fingerprint density at radius 2 is 2.11 bits per heavy atom. The second-order valence-electron chi connectivity index (χ2n) is 3.95. The number of ether oxygens (including phenoxy) is 1. The zero-order valence-electron chi connectivity index (χ0n) is 9.77. The molecule has 3 rings (SSSR count). The van der Waals surface area contributed by atoms with Gasteiger partial charge in [0.1, 0.15) is 11.5 Å². The molecule has 5 nitrogen and oxygen atoms in total. The first-order chi connectivity index (χ1) is 8.79. The molecule has 1 aromatic heterocycles. The van der Waals surface area contributed by atoms with E-state index in [1.807, 2.05) is 6.07 Å². The summed E-state index contributed by atoms with van der Waals surface area (Å²) in [5.41, 5.74) is 1.25. The van der Waals surface area contributed by atoms with Crippen LogP contribution >= 0.6 is 0 Å². The van der Waals surface area contributed by atoms with Crippen molar-refractivity contribution < 1.29 is 13.9 Å². The van der Waals surface area contributed by atoms with Crippen LogP contribution in [-0.4, -0.2) is 13.0 Å². The van der Waals surface area contributed by atoms with E-state index in [0.717, 1.165) is 0 Å². The number of methoxy groups -OCH3 is 1. The number of carbonyl (C=O) groups excluding carboxylic acids is 1. The quantitative estimate of drug-likeness (QED) is 0.849. The highest BCUT2D eigenvalue weighted by Crippen LogP contribution is 2.34. The molecular weight excluding hydrogens is 232 g/mol. The number of benzene rings is 1. The van der Waals surface area contributed by atoms with Gasteiger partial charge in [-0.1, -0.05) is 6.07 Å². The summed E-state index contributed by atoms with van der Waals surface area (Å²) < 4.78 is 10.5. The first-order valence-corrected chi connectivity index (χ1v) is 5.57. The number of hydrogen-bond donors (Lipinski definition) is 2. The van der Waals surface area contributed by atoms with Gasteiger partial charge < -0.3 is 19.8 Å². The fourth-order valence-corrected chi connectivity index (χ4v) is 2.03. The van der Waals surface area contributed by atoms with Crippen molar-refractivity contribution in [2.24, 2.45) is 0 Å². The minimum Gasteiger partial charge on any atom is -0.495 e. The lowest BCUT2D eigenvalue weighted by Crippen LogP contribution is -2.38. The Labute approximate surface area is 104 Å². The van der Waals surface area contributed by atoms with Crippen LogP contribution in [0.5, 0.6) is 5.75 Å². The lowest BCUT2D eigenvalue weighted by Gasteiger charge is -2.27. The summed E-state index contributed by atoms with van der Waals surface area (Å²) in [6.07, 6.45) is 1.19. The molecule has 0 fully saturated rings. The molecule has 0 saturated heterocycles. The zero-order valence-corrected chi connectivity index (χ0v) is 9.77. The molecule has 1 aromatic carbocycles. The highest BCUT2D eigenvalue weighted by atomic mass is 16.5. The first-order valence-electron chi connectivity index (χ1n) is 5.57. The molecule has 1 aliphatic heterocycles. The van der Waals surface area contributed by atoms with Crippen molar-refractivity contribution >= 4 is 11.6 Å². The fourth-order valence-electron chi connectivity index (χ4n) is 2.03. The van der Waals surface area contributed by atoms with E-state index in [4.69, 9.17) is 9.15 Å². The lowest BCUT2D eigenvalue weighted by molar-refractivity contribution is 0.0930. The summed E-state index contributed by atoms with van der Waals surface area (Å²) in [4.78, 5) is 12.0. The summed E-state index contributed by atoms with van der Waals surface area (Å²) in [6.45, 7) is 0. The number of para-hydroxylation sites is 1. The maximum Gasteiger partial charge on any atom is 0.255 e. The molecule has 0 bridgehead atoms. The van der Waals surface area contributed by atoms with Crippen molar-refractivity contribution in [2.45, 2.75) is 6.17 Å². The third kappa shape index (κ3) is 1.60. The van der Waals surface area contributed by atoms with Gasteiger partial charge in [-0.05, 0) is 24.3 Å². The fraction of sp³-hybridized carbons (Fsp3) is 0.154. The average molecular weight is 244 g/mol. The van der Waals surface area contributed by atoms with E-state index in [0.29, 0.717) is 22.8 Å². The molecule has 1 aliphatic rings. The maximum atomic E-state index is 12.0. The Morgan fingerprint density at radius 3 is 2.83 bits per heavy atom. The normalized spacial score (nSPS) is 17.6. The molecule has 2 heterocycles. The molecular formula is C13H12N2O3. The van der Waals surface area contributed by atoms with Gasteiger partial charge in [-0.15, -0.1) is 0 Å². The van der Waals surface area contributed by atoms with Crippen molar-refractivity contribution in [3.05, 3.63) is 47.9 Å². The Balaban J connectivity index is 2.03. The van der Waals surface area contributed by atoms with E-state index in [1.165, 1.54) is 0 Å². The number of furan rings is 1. The molecule has 2 aromatic rings. The van der Waals surface area contributed by atoms with Gasteiger partial charge in [-0.25, -0.2) is 0 Å². The Hall–Kier alpha value is -2.43. The van der Waals surface area contributed by atoms with Crippen LogP contribution in [-0.2, 0) is 0 Å². The van der Waals surface area contributed by atoms with Crippen molar-refractivity contribution in [3.63, 3.8) is 0 Å². The monoisotopic (exact) mass is 244 g/mol. The van der Waals surface area contributed by atoms with Crippen LogP contribution in [0.15, 0.2) is 41.0 Å². The number of nitrogens with one attached hydrogen (secondary N) is 2. The Bertz CT molecular complexity index is 578. The topological polar surface area (TPSA) is 63.5 Å². The van der Waals surface area contributed by atoms with Gasteiger partial charge >= 0.3 is 0 Å². The summed E-state index contributed by atoms with van der Waals surface area (Å²) in [5, 5.41) is 6.03. The number of carbonyl (C=O) groups is 1. The van der Waals surface area contributed by atoms with Gasteiger partial charge in [0.05, 0.1) is 24.6 Å². The van der Waals surface area contributed by atoms with Crippen LogP contribution in [0.25, 0.3) is 0 Å². The van der Waals surface area contributed by atoms with E-state index >= 15 is 0 Å². The molecule has 0 radical (unpaired) electrons. The Kier molecular flexibility index (Phi) is 2.44. The smallest absolute Gasteiger partial charge is 0.255 e. The zero-order chi connectivity index (χ0) is 12.5. The molecule has 18 heavy (non-hydrogen) atoms. The van der Waals surface area contributed by atoms with Gasteiger partial charge in [0, 0.05) is 0 Å². The maximum absolute atomic E-state index is 12.0. The van der Waals surface area contributed by atoms with Crippen LogP contribution in [0.2, 0.25) is 0 Å². The van der Waals surface area contributed by atoms with Gasteiger partial charge in [-0.3, -0.25) is 4.79 Å². The third-order valence-corrected chi connectivity index (χ3v) is 2.88. The summed E-state index contributed by atoms with van der Waals surface area (Å²) in [7, 11) is 1.58. The number of hydrogen-bond acceptors (Lipinski definition) is 4. The van der Waals surface area contributed by atoms with Crippen LogP contribution in [0.1, 0.15) is 22.3 Å². The standard InChI is InChI=1S/C13H12N2O3/c1-17-9-5-2-4-8-11(9)14-12(15-13(8)16)10-6-3-7-18-10/h2-7,12,14H,1H3,(H,15,16). The average Bonchev–Trinajstić information content (AvgIpc) is 2.92. The minimum atomic E-state index is -0.378. The predicted molar refractivity (Wildman–Crippen MR) is 65.5 cm³/mol. The van der Waals surface area contributed by atoms with Crippen LogP contribution in [0.3, 0.4) is 0 Å².